The lowest BCUT2D eigenvalue weighted by Crippen LogP contribution is -2.18. The first kappa shape index (κ1) is 17.6. The van der Waals surface area contributed by atoms with Crippen LogP contribution in [0.4, 0.5) is 0 Å². The van der Waals surface area contributed by atoms with E-state index in [0.29, 0.717) is 24.7 Å². The quantitative estimate of drug-likeness (QED) is 0.513. The molecule has 142 valence electrons. The zero-order valence-corrected chi connectivity index (χ0v) is 14.9. The number of nitrogens with one attached hydrogen (secondary N) is 2. The summed E-state index contributed by atoms with van der Waals surface area (Å²) in [6.45, 7) is 0.740. The summed E-state index contributed by atoms with van der Waals surface area (Å²) in [4.78, 5) is 29.3. The number of nitrogens with zero attached hydrogens (tertiary/aromatic N) is 2. The summed E-state index contributed by atoms with van der Waals surface area (Å²) < 4.78 is 12.5. The second-order valence-electron chi connectivity index (χ2n) is 6.21. The molecule has 0 aliphatic heterocycles. The Labute approximate surface area is 159 Å². The number of hydrogen-bond donors (Lipinski definition) is 2. The number of hydrogen-bond acceptors (Lipinski definition) is 5. The van der Waals surface area contributed by atoms with Crippen LogP contribution in [0.1, 0.15) is 11.3 Å². The Balaban J connectivity index is 1.31. The van der Waals surface area contributed by atoms with Crippen LogP contribution in [-0.2, 0) is 13.0 Å². The highest BCUT2D eigenvalue weighted by Gasteiger charge is 2.07. The van der Waals surface area contributed by atoms with Crippen LogP contribution in [0.5, 0.6) is 5.75 Å². The summed E-state index contributed by atoms with van der Waals surface area (Å²) in [5.41, 5.74) is 1.65. The molecule has 0 aliphatic rings. The van der Waals surface area contributed by atoms with Gasteiger partial charge in [-0.15, -0.1) is 0 Å². The first-order valence-electron chi connectivity index (χ1n) is 8.78. The molecule has 2 aromatic heterocycles. The van der Waals surface area contributed by atoms with Gasteiger partial charge in [0.05, 0.1) is 18.8 Å². The van der Waals surface area contributed by atoms with E-state index < -0.39 is 11.4 Å². The minimum absolute atomic E-state index is 0.277. The lowest BCUT2D eigenvalue weighted by molar-refractivity contribution is 0.320. The van der Waals surface area contributed by atoms with Gasteiger partial charge in [-0.2, -0.15) is 0 Å². The molecule has 2 aromatic carbocycles. The molecule has 0 aliphatic carbocycles. The summed E-state index contributed by atoms with van der Waals surface area (Å²) in [5.74, 6) is 1.31. The van der Waals surface area contributed by atoms with Crippen LogP contribution < -0.4 is 16.1 Å². The molecule has 0 saturated carbocycles. The van der Waals surface area contributed by atoms with Gasteiger partial charge in [0.25, 0.3) is 0 Å². The molecule has 0 atom stereocenters. The van der Waals surface area contributed by atoms with Crippen LogP contribution in [-0.4, -0.2) is 26.4 Å². The smallest absolute Gasteiger partial charge is 0.344 e. The Morgan fingerprint density at radius 1 is 1.04 bits per heavy atom. The SMILES string of the molecule is O=c1[nH]c(=O)n(Cc2ccc(OCCc3coc(-c4ccccc4)n3)cc2)[nH]1. The first-order chi connectivity index (χ1) is 13.7. The largest absolute Gasteiger partial charge is 0.493 e. The number of H-pyrrole nitrogens is 2. The van der Waals surface area contributed by atoms with Gasteiger partial charge < -0.3 is 9.15 Å². The molecule has 4 rings (SSSR count). The van der Waals surface area contributed by atoms with E-state index in [0.717, 1.165) is 16.8 Å². The Kier molecular flexibility index (Phi) is 4.92. The first-order valence-corrected chi connectivity index (χ1v) is 8.78. The number of benzene rings is 2. The van der Waals surface area contributed by atoms with Crippen molar-refractivity contribution in [3.63, 3.8) is 0 Å². The van der Waals surface area contributed by atoms with Gasteiger partial charge in [0.15, 0.2) is 0 Å². The van der Waals surface area contributed by atoms with E-state index in [1.165, 1.54) is 4.68 Å². The zero-order chi connectivity index (χ0) is 19.3. The Hall–Kier alpha value is -3.81. The zero-order valence-electron chi connectivity index (χ0n) is 14.9. The molecular formula is C20H18N4O4. The van der Waals surface area contributed by atoms with Crippen LogP contribution >= 0.6 is 0 Å². The second kappa shape index (κ2) is 7.83. The van der Waals surface area contributed by atoms with E-state index in [-0.39, 0.29) is 6.54 Å². The molecule has 0 unspecified atom stereocenters. The maximum absolute atomic E-state index is 11.5. The summed E-state index contributed by atoms with van der Waals surface area (Å²) in [7, 11) is 0. The summed E-state index contributed by atoms with van der Waals surface area (Å²) in [6.07, 6.45) is 2.27. The van der Waals surface area contributed by atoms with Gasteiger partial charge in [-0.3, -0.25) is 4.98 Å². The average molecular weight is 378 g/mol. The number of oxazole rings is 1. The molecule has 0 radical (unpaired) electrons. The van der Waals surface area contributed by atoms with E-state index in [2.05, 4.69) is 15.1 Å². The van der Waals surface area contributed by atoms with Crippen LogP contribution in [0.25, 0.3) is 11.5 Å². The fourth-order valence-electron chi connectivity index (χ4n) is 2.76. The molecule has 8 heteroatoms. The average Bonchev–Trinajstić information content (AvgIpc) is 3.30. The monoisotopic (exact) mass is 378 g/mol. The predicted octanol–water partition coefficient (Wildman–Crippen LogP) is 2.19. The van der Waals surface area contributed by atoms with Crippen molar-refractivity contribution < 1.29 is 9.15 Å². The van der Waals surface area contributed by atoms with Gasteiger partial charge >= 0.3 is 11.4 Å². The highest BCUT2D eigenvalue weighted by molar-refractivity contribution is 5.52. The third-order valence-corrected chi connectivity index (χ3v) is 4.17. The number of rotatable bonds is 7. The second-order valence-corrected chi connectivity index (χ2v) is 6.21. The van der Waals surface area contributed by atoms with Crippen molar-refractivity contribution in [1.29, 1.82) is 0 Å². The third kappa shape index (κ3) is 4.12. The predicted molar refractivity (Wildman–Crippen MR) is 102 cm³/mol. The van der Waals surface area contributed by atoms with Gasteiger partial charge in [0.2, 0.25) is 5.89 Å². The van der Waals surface area contributed by atoms with Crippen molar-refractivity contribution in [3.8, 4) is 17.2 Å². The van der Waals surface area contributed by atoms with Crippen molar-refractivity contribution in [3.05, 3.63) is 93.1 Å². The van der Waals surface area contributed by atoms with E-state index in [1.54, 1.807) is 6.26 Å². The van der Waals surface area contributed by atoms with Crippen molar-refractivity contribution >= 4 is 0 Å². The van der Waals surface area contributed by atoms with Crippen molar-refractivity contribution in [2.45, 2.75) is 13.0 Å². The molecule has 8 nitrogen and oxygen atoms in total. The maximum Gasteiger partial charge on any atom is 0.344 e. The van der Waals surface area contributed by atoms with Crippen molar-refractivity contribution in [2.24, 2.45) is 0 Å². The molecule has 4 aromatic rings. The van der Waals surface area contributed by atoms with Gasteiger partial charge in [-0.25, -0.2) is 24.4 Å². The molecule has 0 fully saturated rings. The minimum Gasteiger partial charge on any atom is -0.493 e. The fourth-order valence-corrected chi connectivity index (χ4v) is 2.76. The Morgan fingerprint density at radius 2 is 1.82 bits per heavy atom. The molecule has 28 heavy (non-hydrogen) atoms. The van der Waals surface area contributed by atoms with Crippen molar-refractivity contribution in [1.82, 2.24) is 19.7 Å². The Bertz CT molecular complexity index is 1150. The Morgan fingerprint density at radius 3 is 2.54 bits per heavy atom. The fraction of sp³-hybridized carbons (Fsp3) is 0.150. The highest BCUT2D eigenvalue weighted by atomic mass is 16.5. The van der Waals surface area contributed by atoms with Gasteiger partial charge in [-0.1, -0.05) is 30.3 Å². The lowest BCUT2D eigenvalue weighted by atomic mass is 10.2. The molecular weight excluding hydrogens is 360 g/mol. The van der Waals surface area contributed by atoms with Crippen LogP contribution in [0.2, 0.25) is 0 Å². The van der Waals surface area contributed by atoms with Crippen molar-refractivity contribution in [2.75, 3.05) is 6.61 Å². The van der Waals surface area contributed by atoms with E-state index in [9.17, 15) is 9.59 Å². The summed E-state index contributed by atoms with van der Waals surface area (Å²) in [5, 5.41) is 2.42. The van der Waals surface area contributed by atoms with E-state index in [1.807, 2.05) is 54.6 Å². The van der Waals surface area contributed by atoms with Gasteiger partial charge in [0.1, 0.15) is 12.0 Å². The van der Waals surface area contributed by atoms with Gasteiger partial charge in [-0.05, 0) is 29.8 Å². The molecule has 0 bridgehead atoms. The topological polar surface area (TPSA) is 106 Å². The van der Waals surface area contributed by atoms with Crippen LogP contribution in [0.3, 0.4) is 0 Å². The summed E-state index contributed by atoms with van der Waals surface area (Å²) in [6, 6.07) is 17.1. The van der Waals surface area contributed by atoms with Gasteiger partial charge in [0, 0.05) is 12.0 Å². The maximum atomic E-state index is 11.5. The normalized spacial score (nSPS) is 10.9. The van der Waals surface area contributed by atoms with Crippen LogP contribution in [0.15, 0.2) is 74.9 Å². The molecule has 0 amide bonds. The third-order valence-electron chi connectivity index (χ3n) is 4.17. The standard InChI is InChI=1S/C20H18N4O4/c25-19-22-20(26)24(23-19)12-14-6-8-17(9-7-14)27-11-10-16-13-28-18(21-16)15-4-2-1-3-5-15/h1-9,13H,10-12H2,(H2,22,23,25,26). The molecule has 0 spiro atoms. The number of aromatic amines is 2. The van der Waals surface area contributed by atoms with E-state index >= 15 is 0 Å². The molecule has 0 saturated heterocycles. The molecule has 2 heterocycles. The number of ether oxygens (including phenoxy) is 1. The minimum atomic E-state index is -0.520. The van der Waals surface area contributed by atoms with Crippen LogP contribution in [0, 0.1) is 0 Å². The highest BCUT2D eigenvalue weighted by Crippen LogP contribution is 2.18. The number of aromatic nitrogens is 4. The lowest BCUT2D eigenvalue weighted by Gasteiger charge is -2.06. The summed E-state index contributed by atoms with van der Waals surface area (Å²) >= 11 is 0. The van der Waals surface area contributed by atoms with E-state index in [4.69, 9.17) is 9.15 Å². The molecule has 2 N–H and O–H groups in total.